The van der Waals surface area contributed by atoms with Gasteiger partial charge < -0.3 is 25.6 Å². The van der Waals surface area contributed by atoms with E-state index in [9.17, 15) is 0 Å². The number of nitrogens with zero attached hydrogens (tertiary/aromatic N) is 4. The van der Waals surface area contributed by atoms with Crippen molar-refractivity contribution in [1.29, 1.82) is 0 Å². The lowest BCUT2D eigenvalue weighted by Gasteiger charge is -2.44. The summed E-state index contributed by atoms with van der Waals surface area (Å²) in [5, 5.41) is 3.42. The molecule has 2 aliphatic heterocycles. The zero-order valence-corrected chi connectivity index (χ0v) is 18.7. The summed E-state index contributed by atoms with van der Waals surface area (Å²) in [6, 6.07) is 10.2. The van der Waals surface area contributed by atoms with Crippen LogP contribution in [0.5, 0.6) is 5.75 Å². The van der Waals surface area contributed by atoms with Crippen LogP contribution >= 0.6 is 0 Å². The van der Waals surface area contributed by atoms with Crippen molar-refractivity contribution in [2.24, 2.45) is 0 Å². The van der Waals surface area contributed by atoms with Crippen LogP contribution < -0.4 is 15.8 Å². The van der Waals surface area contributed by atoms with Crippen LogP contribution in [-0.4, -0.2) is 39.5 Å². The van der Waals surface area contributed by atoms with Crippen molar-refractivity contribution in [3.8, 4) is 5.75 Å². The lowest BCUT2D eigenvalue weighted by molar-refractivity contribution is 0.140. The summed E-state index contributed by atoms with van der Waals surface area (Å²) in [5.74, 6) is 2.05. The molecule has 0 amide bonds. The summed E-state index contributed by atoms with van der Waals surface area (Å²) in [6.07, 6.45) is 14.4. The Bertz CT molecular complexity index is 1080. The van der Waals surface area contributed by atoms with Crippen LogP contribution in [0.2, 0.25) is 0 Å². The molecule has 0 saturated heterocycles. The third-order valence-electron chi connectivity index (χ3n) is 6.77. The van der Waals surface area contributed by atoms with E-state index in [1.165, 1.54) is 42.4 Å². The Balaban J connectivity index is 1.46. The number of hydrogen-bond acceptors (Lipinski definition) is 7. The Kier molecular flexibility index (Phi) is 5.25. The third-order valence-corrected chi connectivity index (χ3v) is 6.77. The van der Waals surface area contributed by atoms with Crippen molar-refractivity contribution in [2.45, 2.75) is 44.2 Å². The number of rotatable bonds is 5. The molecule has 166 valence electrons. The Hall–Kier alpha value is -3.48. The van der Waals surface area contributed by atoms with Crippen LogP contribution in [0.1, 0.15) is 37.7 Å². The molecule has 32 heavy (non-hydrogen) atoms. The molecule has 7 heteroatoms. The first-order valence-electron chi connectivity index (χ1n) is 11.2. The van der Waals surface area contributed by atoms with Crippen molar-refractivity contribution < 1.29 is 4.74 Å². The lowest BCUT2D eigenvalue weighted by atomic mass is 9.75. The Morgan fingerprint density at radius 3 is 2.59 bits per heavy atom. The van der Waals surface area contributed by atoms with Gasteiger partial charge in [0.2, 0.25) is 0 Å². The molecule has 1 aliphatic carbocycles. The highest BCUT2D eigenvalue weighted by Crippen LogP contribution is 2.49. The highest BCUT2D eigenvalue weighted by Gasteiger charge is 2.47. The van der Waals surface area contributed by atoms with E-state index < -0.39 is 0 Å². The number of methoxy groups -OCH3 is 1. The van der Waals surface area contributed by atoms with Gasteiger partial charge in [-0.1, -0.05) is 31.4 Å². The molecule has 2 aromatic rings. The molecule has 0 bridgehead atoms. The van der Waals surface area contributed by atoms with E-state index in [0.717, 1.165) is 30.8 Å². The van der Waals surface area contributed by atoms with Crippen LogP contribution in [0, 0.1) is 0 Å². The maximum Gasteiger partial charge on any atom is 0.135 e. The van der Waals surface area contributed by atoms with E-state index in [1.54, 1.807) is 13.2 Å². The van der Waals surface area contributed by atoms with Gasteiger partial charge in [-0.15, -0.1) is 0 Å². The van der Waals surface area contributed by atoms with Gasteiger partial charge in [0.25, 0.3) is 0 Å². The van der Waals surface area contributed by atoms with Crippen LogP contribution in [0.3, 0.4) is 0 Å². The largest absolute Gasteiger partial charge is 0.497 e. The number of ether oxygens (including phenoxy) is 1. The van der Waals surface area contributed by atoms with E-state index in [2.05, 4.69) is 62.7 Å². The fraction of sp³-hybridized carbons (Fsp3) is 0.360. The van der Waals surface area contributed by atoms with Gasteiger partial charge in [0.15, 0.2) is 0 Å². The number of fused-ring (bicyclic) bond motifs is 2. The van der Waals surface area contributed by atoms with Crippen molar-refractivity contribution in [1.82, 2.24) is 19.8 Å². The number of allylic oxidation sites excluding steroid dienone is 1. The fourth-order valence-corrected chi connectivity index (χ4v) is 5.17. The number of likely N-dealkylation sites (N-methyl/N-ethyl adjacent to an activating group) is 1. The van der Waals surface area contributed by atoms with Gasteiger partial charge in [0, 0.05) is 37.6 Å². The maximum absolute atomic E-state index is 5.84. The number of nitrogens with two attached hydrogens (primary N) is 1. The molecule has 3 aliphatic rings. The predicted octanol–water partition coefficient (Wildman–Crippen LogP) is 4.25. The molecule has 0 unspecified atom stereocenters. The second-order valence-electron chi connectivity index (χ2n) is 8.79. The molecule has 3 heterocycles. The second kappa shape index (κ2) is 8.22. The number of benzene rings is 1. The van der Waals surface area contributed by atoms with E-state index in [4.69, 9.17) is 10.5 Å². The normalized spacial score (nSPS) is 19.2. The van der Waals surface area contributed by atoms with Gasteiger partial charge in [0.05, 0.1) is 24.0 Å². The molecule has 1 spiro atoms. The van der Waals surface area contributed by atoms with Crippen molar-refractivity contribution in [3.05, 3.63) is 77.7 Å². The molecule has 0 radical (unpaired) electrons. The third kappa shape index (κ3) is 3.68. The monoisotopic (exact) mass is 430 g/mol. The number of nitrogen functional groups attached to an aromatic ring is 1. The summed E-state index contributed by atoms with van der Waals surface area (Å²) in [5.41, 5.74) is 10.8. The van der Waals surface area contributed by atoms with Gasteiger partial charge >= 0.3 is 0 Å². The highest BCUT2D eigenvalue weighted by atomic mass is 16.5. The van der Waals surface area contributed by atoms with Crippen LogP contribution in [0.4, 0.5) is 11.6 Å². The van der Waals surface area contributed by atoms with Crippen LogP contribution in [-0.2, 0) is 6.54 Å². The molecular formula is C25H30N6O. The maximum atomic E-state index is 5.84. The zero-order valence-electron chi connectivity index (χ0n) is 18.7. The first kappa shape index (κ1) is 20.4. The number of hydrogen-bond donors (Lipinski definition) is 2. The summed E-state index contributed by atoms with van der Waals surface area (Å²) in [6.45, 7) is 0.879. The molecule has 7 nitrogen and oxygen atoms in total. The first-order chi connectivity index (χ1) is 15.6. The van der Waals surface area contributed by atoms with E-state index >= 15 is 0 Å². The van der Waals surface area contributed by atoms with E-state index in [0.29, 0.717) is 11.6 Å². The summed E-state index contributed by atoms with van der Waals surface area (Å²) >= 11 is 0. The first-order valence-corrected chi connectivity index (χ1v) is 11.2. The lowest BCUT2D eigenvalue weighted by Crippen LogP contribution is -2.46. The topological polar surface area (TPSA) is 79.5 Å². The second-order valence-corrected chi connectivity index (χ2v) is 8.79. The van der Waals surface area contributed by atoms with Gasteiger partial charge in [-0.2, -0.15) is 0 Å². The molecule has 1 aromatic carbocycles. The average molecular weight is 431 g/mol. The van der Waals surface area contributed by atoms with Gasteiger partial charge in [-0.05, 0) is 36.6 Å². The quantitative estimate of drug-likeness (QED) is 0.734. The van der Waals surface area contributed by atoms with E-state index in [1.807, 2.05) is 12.1 Å². The van der Waals surface area contributed by atoms with Gasteiger partial charge in [0.1, 0.15) is 23.7 Å². The SMILES string of the molecule is COc1ccc(CN2C=C3C(=CC(Nc4cc(N)ncn4)=CN3C)C23CCCCC3)cc1. The van der Waals surface area contributed by atoms with Crippen LogP contribution in [0.15, 0.2) is 72.1 Å². The average Bonchev–Trinajstić information content (AvgIpc) is 3.08. The summed E-state index contributed by atoms with van der Waals surface area (Å²) in [7, 11) is 3.82. The number of aromatic nitrogens is 2. The Morgan fingerprint density at radius 2 is 1.88 bits per heavy atom. The van der Waals surface area contributed by atoms with Crippen molar-refractivity contribution in [2.75, 3.05) is 25.2 Å². The molecular weight excluding hydrogens is 400 g/mol. The van der Waals surface area contributed by atoms with Crippen molar-refractivity contribution in [3.63, 3.8) is 0 Å². The molecule has 1 saturated carbocycles. The minimum Gasteiger partial charge on any atom is -0.497 e. The predicted molar refractivity (Wildman–Crippen MR) is 126 cm³/mol. The Morgan fingerprint density at radius 1 is 1.09 bits per heavy atom. The fourth-order valence-electron chi connectivity index (χ4n) is 5.17. The number of nitrogens with one attached hydrogen (secondary N) is 1. The van der Waals surface area contributed by atoms with Gasteiger partial charge in [-0.25, -0.2) is 9.97 Å². The molecule has 3 N–H and O–H groups in total. The standard InChI is InChI=1S/C25H30N6O/c1-30-15-19(29-24-13-23(26)27-17-28-24)12-21-22(30)16-31(25(21)10-4-3-5-11-25)14-18-6-8-20(32-2)9-7-18/h6-9,12-13,15-17H,3-5,10-11,14H2,1-2H3,(H3,26,27,28,29). The van der Waals surface area contributed by atoms with Crippen LogP contribution in [0.25, 0.3) is 0 Å². The minimum absolute atomic E-state index is 0.0215. The highest BCUT2D eigenvalue weighted by molar-refractivity contribution is 5.57. The molecule has 1 fully saturated rings. The smallest absolute Gasteiger partial charge is 0.135 e. The van der Waals surface area contributed by atoms with E-state index in [-0.39, 0.29) is 5.54 Å². The minimum atomic E-state index is 0.0215. The molecule has 0 atom stereocenters. The molecule has 5 rings (SSSR count). The summed E-state index contributed by atoms with van der Waals surface area (Å²) in [4.78, 5) is 13.1. The summed E-state index contributed by atoms with van der Waals surface area (Å²) < 4.78 is 5.34. The number of anilines is 2. The molecule has 1 aromatic heterocycles. The van der Waals surface area contributed by atoms with Crippen molar-refractivity contribution >= 4 is 11.6 Å². The zero-order chi connectivity index (χ0) is 22.1. The van der Waals surface area contributed by atoms with Gasteiger partial charge in [-0.3, -0.25) is 0 Å². The Labute approximate surface area is 189 Å².